The van der Waals surface area contributed by atoms with E-state index in [9.17, 15) is 19.8 Å². The highest BCUT2D eigenvalue weighted by atomic mass is 16.6. The Labute approximate surface area is 186 Å². The average Bonchev–Trinajstić information content (AvgIpc) is 3.20. The minimum Gasteiger partial charge on any atom is -0.461 e. The number of hydrogen-bond acceptors (Lipinski definition) is 6. The summed E-state index contributed by atoms with van der Waals surface area (Å²) >= 11 is 0. The Kier molecular flexibility index (Phi) is 3.86. The van der Waals surface area contributed by atoms with Gasteiger partial charge in [-0.2, -0.15) is 0 Å². The summed E-state index contributed by atoms with van der Waals surface area (Å²) in [5, 5.41) is 22.2. The van der Waals surface area contributed by atoms with Crippen molar-refractivity contribution in [2.45, 2.75) is 56.5 Å². The zero-order chi connectivity index (χ0) is 22.5. The van der Waals surface area contributed by atoms with E-state index in [1.54, 1.807) is 13.0 Å². The monoisotopic (exact) mass is 436 g/mol. The predicted molar refractivity (Wildman–Crippen MR) is 114 cm³/mol. The Morgan fingerprint density at radius 2 is 2.06 bits per heavy atom. The van der Waals surface area contributed by atoms with Gasteiger partial charge in [-0.3, -0.25) is 9.59 Å². The van der Waals surface area contributed by atoms with E-state index in [0.29, 0.717) is 25.7 Å². The van der Waals surface area contributed by atoms with E-state index in [1.807, 2.05) is 36.4 Å². The molecule has 1 aromatic carbocycles. The molecule has 4 aliphatic carbocycles. The number of aliphatic hydroxyl groups is 2. The molecule has 1 heterocycles. The zero-order valence-electron chi connectivity index (χ0n) is 18.1. The normalized spacial score (nSPS) is 47.7. The van der Waals surface area contributed by atoms with E-state index in [2.05, 4.69) is 6.58 Å². The van der Waals surface area contributed by atoms with Crippen molar-refractivity contribution < 1.29 is 29.3 Å². The quantitative estimate of drug-likeness (QED) is 0.559. The van der Waals surface area contributed by atoms with Crippen LogP contribution in [-0.4, -0.2) is 39.5 Å². The maximum atomic E-state index is 13.8. The van der Waals surface area contributed by atoms with Crippen LogP contribution in [-0.2, 0) is 25.7 Å². The predicted octanol–water partition coefficient (Wildman–Crippen LogP) is 2.69. The summed E-state index contributed by atoms with van der Waals surface area (Å²) in [7, 11) is 0. The van der Waals surface area contributed by atoms with Crippen molar-refractivity contribution in [2.75, 3.05) is 0 Å². The summed E-state index contributed by atoms with van der Waals surface area (Å²) in [5.74, 6) is -2.23. The highest BCUT2D eigenvalue weighted by Crippen LogP contribution is 2.77. The van der Waals surface area contributed by atoms with Crippen molar-refractivity contribution in [1.29, 1.82) is 0 Å². The van der Waals surface area contributed by atoms with Gasteiger partial charge in [0.1, 0.15) is 17.6 Å². The molecule has 1 aliphatic heterocycles. The molecule has 2 N–H and O–H groups in total. The number of benzene rings is 1. The number of carbonyl (C=O) groups excluding carboxylic acids is 2. The van der Waals surface area contributed by atoms with Crippen LogP contribution in [0.5, 0.6) is 0 Å². The summed E-state index contributed by atoms with van der Waals surface area (Å²) in [6.07, 6.45) is 4.48. The van der Waals surface area contributed by atoms with Crippen molar-refractivity contribution in [1.82, 2.24) is 0 Å². The van der Waals surface area contributed by atoms with Crippen LogP contribution in [0.15, 0.2) is 54.6 Å². The molecule has 3 saturated carbocycles. The second-order valence-electron chi connectivity index (χ2n) is 10.7. The van der Waals surface area contributed by atoms with Gasteiger partial charge in [-0.05, 0) is 55.2 Å². The highest BCUT2D eigenvalue weighted by molar-refractivity contribution is 5.87. The van der Waals surface area contributed by atoms with Gasteiger partial charge in [-0.15, -0.1) is 0 Å². The molecule has 0 radical (unpaired) electrons. The van der Waals surface area contributed by atoms with E-state index in [1.165, 1.54) is 0 Å². The van der Waals surface area contributed by atoms with Crippen LogP contribution < -0.4 is 0 Å². The fraction of sp³-hybridized carbons (Fsp3) is 0.538. The lowest BCUT2D eigenvalue weighted by atomic mass is 9.61. The number of esters is 2. The Morgan fingerprint density at radius 1 is 1.31 bits per heavy atom. The molecule has 8 atom stereocenters. The van der Waals surface area contributed by atoms with Gasteiger partial charge >= 0.3 is 11.9 Å². The Balaban J connectivity index is 1.47. The van der Waals surface area contributed by atoms with Crippen LogP contribution >= 0.6 is 0 Å². The van der Waals surface area contributed by atoms with Crippen molar-refractivity contribution in [3.63, 3.8) is 0 Å². The molecule has 1 saturated heterocycles. The third-order valence-corrected chi connectivity index (χ3v) is 9.33. The first kappa shape index (κ1) is 20.2. The summed E-state index contributed by atoms with van der Waals surface area (Å²) in [6, 6.07) is 9.47. The smallest absolute Gasteiger partial charge is 0.316 e. The topological polar surface area (TPSA) is 93.1 Å². The van der Waals surface area contributed by atoms with E-state index in [4.69, 9.17) is 9.47 Å². The molecule has 1 spiro atoms. The number of rotatable bonds is 3. The Morgan fingerprint density at radius 3 is 2.81 bits per heavy atom. The van der Waals surface area contributed by atoms with E-state index < -0.39 is 51.9 Å². The van der Waals surface area contributed by atoms with Crippen molar-refractivity contribution in [3.8, 4) is 0 Å². The zero-order valence-corrected chi connectivity index (χ0v) is 18.1. The second-order valence-corrected chi connectivity index (χ2v) is 10.7. The summed E-state index contributed by atoms with van der Waals surface area (Å²) in [6.45, 7) is 5.99. The van der Waals surface area contributed by atoms with Gasteiger partial charge in [0.05, 0.1) is 17.6 Å². The number of ether oxygens (including phenoxy) is 2. The van der Waals surface area contributed by atoms with E-state index in [-0.39, 0.29) is 12.5 Å². The van der Waals surface area contributed by atoms with Crippen molar-refractivity contribution in [2.24, 2.45) is 28.6 Å². The van der Waals surface area contributed by atoms with Gasteiger partial charge in [0.25, 0.3) is 0 Å². The fourth-order valence-corrected chi connectivity index (χ4v) is 7.93. The van der Waals surface area contributed by atoms with Gasteiger partial charge < -0.3 is 19.7 Å². The van der Waals surface area contributed by atoms with Crippen LogP contribution in [0.3, 0.4) is 0 Å². The number of carbonyl (C=O) groups is 2. The third-order valence-electron chi connectivity index (χ3n) is 9.33. The van der Waals surface area contributed by atoms with Crippen molar-refractivity contribution in [3.05, 3.63) is 60.2 Å². The maximum Gasteiger partial charge on any atom is 0.316 e. The summed E-state index contributed by atoms with van der Waals surface area (Å²) in [5.41, 5.74) is -2.20. The SMILES string of the molecule is C=C1C[C@]23C[C@@]1(O)CC[C@H]2[C@@]12C=C[C@H](O)[C@@](C)(C(=O)O1)[C@H]2[C@@H]3C(=O)OCc1ccccc1. The molecule has 4 fully saturated rings. The molecule has 6 rings (SSSR count). The summed E-state index contributed by atoms with van der Waals surface area (Å²) in [4.78, 5) is 26.9. The van der Waals surface area contributed by atoms with Gasteiger partial charge in [-0.1, -0.05) is 43.0 Å². The molecule has 0 aromatic heterocycles. The largest absolute Gasteiger partial charge is 0.461 e. The molecule has 1 aromatic rings. The van der Waals surface area contributed by atoms with Crippen molar-refractivity contribution >= 4 is 11.9 Å². The first-order valence-electron chi connectivity index (χ1n) is 11.4. The fourth-order valence-electron chi connectivity index (χ4n) is 7.93. The highest BCUT2D eigenvalue weighted by Gasteiger charge is 2.83. The molecule has 0 unspecified atom stereocenters. The molecule has 168 valence electrons. The van der Waals surface area contributed by atoms with E-state index >= 15 is 0 Å². The lowest BCUT2D eigenvalue weighted by molar-refractivity contribution is -0.166. The van der Waals surface area contributed by atoms with Crippen LogP contribution in [0.2, 0.25) is 0 Å². The number of hydrogen-bond donors (Lipinski definition) is 2. The third kappa shape index (κ3) is 2.17. The second kappa shape index (κ2) is 6.12. The summed E-state index contributed by atoms with van der Waals surface area (Å²) < 4.78 is 11.9. The first-order chi connectivity index (χ1) is 15.2. The Hall–Kier alpha value is -2.44. The molecule has 6 nitrogen and oxygen atoms in total. The van der Waals surface area contributed by atoms with Gasteiger partial charge in [0.15, 0.2) is 0 Å². The van der Waals surface area contributed by atoms with Crippen LogP contribution in [0, 0.1) is 28.6 Å². The van der Waals surface area contributed by atoms with Crippen LogP contribution in [0.1, 0.15) is 38.2 Å². The maximum absolute atomic E-state index is 13.8. The molecule has 4 bridgehead atoms. The van der Waals surface area contributed by atoms with Crippen LogP contribution in [0.25, 0.3) is 0 Å². The first-order valence-corrected chi connectivity index (χ1v) is 11.4. The van der Waals surface area contributed by atoms with Gasteiger partial charge in [-0.25, -0.2) is 0 Å². The minimum atomic E-state index is -1.24. The minimum absolute atomic E-state index is 0.131. The molecule has 6 heteroatoms. The lowest BCUT2D eigenvalue weighted by Crippen LogP contribution is -2.51. The molecule has 5 aliphatic rings. The lowest BCUT2D eigenvalue weighted by Gasteiger charge is -2.44. The van der Waals surface area contributed by atoms with Crippen LogP contribution in [0.4, 0.5) is 0 Å². The van der Waals surface area contributed by atoms with Gasteiger partial charge in [0.2, 0.25) is 0 Å². The number of fused-ring (bicyclic) bond motifs is 1. The molecule has 0 amide bonds. The van der Waals surface area contributed by atoms with E-state index in [0.717, 1.165) is 11.1 Å². The number of aliphatic hydroxyl groups excluding tert-OH is 1. The molecule has 32 heavy (non-hydrogen) atoms. The molecular weight excluding hydrogens is 408 g/mol. The van der Waals surface area contributed by atoms with Gasteiger partial charge in [0, 0.05) is 11.8 Å². The average molecular weight is 437 g/mol. The standard InChI is InChI=1S/C26H28O6/c1-15-12-24-14-25(15,30)10-8-17(24)26-11-9-18(27)23(2,22(29)32-26)20(26)19(24)21(28)31-13-16-6-4-3-5-7-16/h3-7,9,11,17-20,27,30H,1,8,10,12-14H2,2H3/t17-,18+,19-,20-,23-,24+,25+,26-/m1/s1. The molecular formula is C26H28O6. The Bertz CT molecular complexity index is 1060.